The first-order chi connectivity index (χ1) is 10.7. The number of carbonyl (C=O) groups is 2. The first-order valence-electron chi connectivity index (χ1n) is 7.15. The van der Waals surface area contributed by atoms with Gasteiger partial charge in [-0.3, -0.25) is 9.59 Å². The summed E-state index contributed by atoms with van der Waals surface area (Å²) in [5, 5.41) is 6.07. The van der Waals surface area contributed by atoms with Crippen LogP contribution in [0.5, 0.6) is 0 Å². The summed E-state index contributed by atoms with van der Waals surface area (Å²) in [6.45, 7) is 0. The minimum atomic E-state index is -0.0559. The van der Waals surface area contributed by atoms with Gasteiger partial charge in [-0.05, 0) is 60.9 Å². The van der Waals surface area contributed by atoms with Gasteiger partial charge in [-0.2, -0.15) is 0 Å². The van der Waals surface area contributed by atoms with E-state index in [0.717, 1.165) is 25.7 Å². The lowest BCUT2D eigenvalue weighted by Gasteiger charge is -2.29. The van der Waals surface area contributed by atoms with E-state index in [9.17, 15) is 9.59 Å². The van der Waals surface area contributed by atoms with E-state index in [0.29, 0.717) is 9.75 Å². The first kappa shape index (κ1) is 15.1. The van der Waals surface area contributed by atoms with Crippen molar-refractivity contribution in [3.05, 3.63) is 34.3 Å². The lowest BCUT2D eigenvalue weighted by Crippen LogP contribution is -2.43. The number of nitrogens with zero attached hydrogens (tertiary/aromatic N) is 2. The minimum Gasteiger partial charge on any atom is -0.349 e. The van der Waals surface area contributed by atoms with Crippen LogP contribution in [0.4, 0.5) is 0 Å². The molecule has 8 heteroatoms. The molecule has 2 N–H and O–H groups in total. The van der Waals surface area contributed by atoms with E-state index in [1.165, 1.54) is 23.1 Å². The highest BCUT2D eigenvalue weighted by Crippen LogP contribution is 2.20. The Morgan fingerprint density at radius 2 is 1.27 bits per heavy atom. The maximum Gasteiger partial charge on any atom is 0.263 e. The average Bonchev–Trinajstić information content (AvgIpc) is 3.23. The van der Waals surface area contributed by atoms with Gasteiger partial charge in [-0.1, -0.05) is 0 Å². The van der Waals surface area contributed by atoms with Crippen LogP contribution in [-0.4, -0.2) is 32.6 Å². The molecule has 1 fully saturated rings. The quantitative estimate of drug-likeness (QED) is 0.895. The highest BCUT2D eigenvalue weighted by atomic mass is 32.1. The first-order valence-corrected chi connectivity index (χ1v) is 8.70. The Morgan fingerprint density at radius 3 is 1.59 bits per heavy atom. The zero-order valence-electron chi connectivity index (χ0n) is 11.8. The molecule has 2 aromatic rings. The fraction of sp³-hybridized carbons (Fsp3) is 0.429. The van der Waals surface area contributed by atoms with E-state index >= 15 is 0 Å². The van der Waals surface area contributed by atoms with E-state index in [2.05, 4.69) is 19.4 Å². The van der Waals surface area contributed by atoms with Crippen LogP contribution in [0, 0.1) is 0 Å². The Hall–Kier alpha value is -1.80. The molecule has 1 aliphatic carbocycles. The van der Waals surface area contributed by atoms with E-state index in [1.807, 2.05) is 0 Å². The molecule has 22 heavy (non-hydrogen) atoms. The molecule has 1 saturated carbocycles. The number of hydrogen-bond acceptors (Lipinski definition) is 6. The zero-order chi connectivity index (χ0) is 15.4. The second kappa shape index (κ2) is 6.97. The van der Waals surface area contributed by atoms with Crippen molar-refractivity contribution in [2.24, 2.45) is 0 Å². The number of carbonyl (C=O) groups excluding carboxylic acids is 2. The molecular formula is C14H16N4O2S2. The van der Waals surface area contributed by atoms with Crippen molar-refractivity contribution in [1.29, 1.82) is 0 Å². The predicted octanol–water partition coefficient (Wildman–Crippen LogP) is 2.07. The van der Waals surface area contributed by atoms with Crippen molar-refractivity contribution in [3.63, 3.8) is 0 Å². The van der Waals surface area contributed by atoms with Crippen LogP contribution < -0.4 is 10.6 Å². The summed E-state index contributed by atoms with van der Waals surface area (Å²) in [5.41, 5.74) is 0. The lowest BCUT2D eigenvalue weighted by atomic mass is 9.91. The van der Waals surface area contributed by atoms with Crippen LogP contribution >= 0.6 is 23.1 Å². The summed E-state index contributed by atoms with van der Waals surface area (Å²) in [4.78, 5) is 25.2. The minimum absolute atomic E-state index is 0.0559. The molecule has 1 aliphatic rings. The largest absolute Gasteiger partial charge is 0.349 e. The smallest absolute Gasteiger partial charge is 0.263 e. The Bertz CT molecular complexity index is 563. The van der Waals surface area contributed by atoms with Crippen molar-refractivity contribution >= 4 is 34.9 Å². The van der Waals surface area contributed by atoms with Crippen molar-refractivity contribution in [1.82, 2.24) is 19.4 Å². The maximum atomic E-state index is 12.0. The van der Waals surface area contributed by atoms with Crippen LogP contribution in [-0.2, 0) is 0 Å². The fourth-order valence-corrected chi connectivity index (χ4v) is 3.56. The molecule has 116 valence electrons. The van der Waals surface area contributed by atoms with Crippen LogP contribution in [0.1, 0.15) is 45.0 Å². The molecule has 3 rings (SSSR count). The molecule has 0 atom stereocenters. The number of nitrogens with one attached hydrogen (secondary N) is 2. The van der Waals surface area contributed by atoms with Crippen LogP contribution in [0.2, 0.25) is 0 Å². The van der Waals surface area contributed by atoms with Gasteiger partial charge in [0.25, 0.3) is 11.8 Å². The van der Waals surface area contributed by atoms with Gasteiger partial charge >= 0.3 is 0 Å². The molecule has 2 heterocycles. The summed E-state index contributed by atoms with van der Waals surface area (Å²) in [5.74, 6) is -0.112. The summed E-state index contributed by atoms with van der Waals surface area (Å²) in [6, 6.07) is 3.79. The van der Waals surface area contributed by atoms with Gasteiger partial charge in [0.05, 0.1) is 0 Å². The van der Waals surface area contributed by atoms with E-state index in [4.69, 9.17) is 0 Å². The van der Waals surface area contributed by atoms with Gasteiger partial charge in [0.15, 0.2) is 0 Å². The second-order valence-electron chi connectivity index (χ2n) is 5.25. The topological polar surface area (TPSA) is 84.0 Å². The number of rotatable bonds is 4. The Morgan fingerprint density at radius 1 is 0.864 bits per heavy atom. The van der Waals surface area contributed by atoms with E-state index < -0.39 is 0 Å². The monoisotopic (exact) mass is 336 g/mol. The third-order valence-corrected chi connectivity index (χ3v) is 5.21. The standard InChI is InChI=1S/C14H16N4O2S2/c19-13(11-5-7-15-21-11)17-9-1-2-10(4-3-9)18-14(20)12-6-8-16-22-12/h5-10H,1-4H2,(H,17,19)(H,18,20). The predicted molar refractivity (Wildman–Crippen MR) is 85.2 cm³/mol. The third kappa shape index (κ3) is 3.69. The van der Waals surface area contributed by atoms with Gasteiger partial charge in [-0.15, -0.1) is 0 Å². The van der Waals surface area contributed by atoms with Crippen LogP contribution in [0.3, 0.4) is 0 Å². The highest BCUT2D eigenvalue weighted by molar-refractivity contribution is 7.08. The van der Waals surface area contributed by atoms with Crippen molar-refractivity contribution < 1.29 is 9.59 Å². The van der Waals surface area contributed by atoms with Crippen molar-refractivity contribution in [2.45, 2.75) is 37.8 Å². The van der Waals surface area contributed by atoms with Crippen LogP contribution in [0.15, 0.2) is 24.5 Å². The normalized spacial score (nSPS) is 21.3. The van der Waals surface area contributed by atoms with Crippen molar-refractivity contribution in [2.75, 3.05) is 0 Å². The highest BCUT2D eigenvalue weighted by Gasteiger charge is 2.24. The van der Waals surface area contributed by atoms with Crippen molar-refractivity contribution in [3.8, 4) is 0 Å². The molecule has 0 aliphatic heterocycles. The molecule has 6 nitrogen and oxygen atoms in total. The molecule has 2 amide bonds. The summed E-state index contributed by atoms with van der Waals surface area (Å²) in [7, 11) is 0. The molecule has 0 aromatic carbocycles. The molecule has 0 saturated heterocycles. The zero-order valence-corrected chi connectivity index (χ0v) is 13.5. The number of aromatic nitrogens is 2. The second-order valence-corrected chi connectivity index (χ2v) is 6.92. The maximum absolute atomic E-state index is 12.0. The van der Waals surface area contributed by atoms with Gasteiger partial charge < -0.3 is 10.6 Å². The molecule has 0 bridgehead atoms. The Labute approximate surface area is 136 Å². The molecule has 0 spiro atoms. The average molecular weight is 336 g/mol. The summed E-state index contributed by atoms with van der Waals surface area (Å²) in [6.07, 6.45) is 6.75. The molecular weight excluding hydrogens is 320 g/mol. The van der Waals surface area contributed by atoms with Gasteiger partial charge in [-0.25, -0.2) is 8.75 Å². The van der Waals surface area contributed by atoms with E-state index in [-0.39, 0.29) is 23.9 Å². The Kier molecular flexibility index (Phi) is 4.79. The Balaban J connectivity index is 1.44. The fourth-order valence-electron chi connectivity index (χ4n) is 2.56. The third-order valence-electron chi connectivity index (χ3n) is 3.72. The SMILES string of the molecule is O=C(NC1CCC(NC(=O)c2ccns2)CC1)c1ccns1. The van der Waals surface area contributed by atoms with E-state index in [1.54, 1.807) is 24.5 Å². The lowest BCUT2D eigenvalue weighted by molar-refractivity contribution is 0.0896. The summed E-state index contributed by atoms with van der Waals surface area (Å²) >= 11 is 2.41. The number of amides is 2. The van der Waals surface area contributed by atoms with Crippen LogP contribution in [0.25, 0.3) is 0 Å². The van der Waals surface area contributed by atoms with Gasteiger partial charge in [0.2, 0.25) is 0 Å². The van der Waals surface area contributed by atoms with Gasteiger partial charge in [0, 0.05) is 24.5 Å². The molecule has 2 aromatic heterocycles. The number of hydrogen-bond donors (Lipinski definition) is 2. The molecule has 0 unspecified atom stereocenters. The summed E-state index contributed by atoms with van der Waals surface area (Å²) < 4.78 is 7.87. The van der Waals surface area contributed by atoms with Gasteiger partial charge in [0.1, 0.15) is 9.75 Å². The molecule has 0 radical (unpaired) electrons.